The lowest BCUT2D eigenvalue weighted by atomic mass is 10.2. The Morgan fingerprint density at radius 3 is 2.46 bits per heavy atom. The van der Waals surface area contributed by atoms with Gasteiger partial charge in [-0.2, -0.15) is 13.2 Å². The van der Waals surface area contributed by atoms with Crippen LogP contribution in [0.2, 0.25) is 0 Å². The van der Waals surface area contributed by atoms with E-state index in [0.29, 0.717) is 12.1 Å². The fourth-order valence-electron chi connectivity index (χ4n) is 0.953. The van der Waals surface area contributed by atoms with Crippen LogP contribution >= 0.6 is 0 Å². The van der Waals surface area contributed by atoms with Gasteiger partial charge in [-0.15, -0.1) is 0 Å². The molecule has 0 bridgehead atoms. The molecular weight excluding hydrogens is 181 g/mol. The zero-order valence-electron chi connectivity index (χ0n) is 7.02. The molecule has 0 atom stereocenters. The Kier molecular flexibility index (Phi) is 2.45. The molecule has 0 saturated heterocycles. The number of nitrogen functional groups attached to an aromatic ring is 1. The molecular formula is C8H9F3N2. The Balaban J connectivity index is 3.14. The van der Waals surface area contributed by atoms with Crippen LogP contribution in [0.3, 0.4) is 0 Å². The largest absolute Gasteiger partial charge is 0.433 e. The van der Waals surface area contributed by atoms with Gasteiger partial charge in [0.15, 0.2) is 0 Å². The van der Waals surface area contributed by atoms with Gasteiger partial charge >= 0.3 is 6.18 Å². The summed E-state index contributed by atoms with van der Waals surface area (Å²) in [5, 5.41) is 0. The second kappa shape index (κ2) is 3.24. The van der Waals surface area contributed by atoms with Crippen LogP contribution in [0.1, 0.15) is 18.3 Å². The average Bonchev–Trinajstić information content (AvgIpc) is 2.03. The summed E-state index contributed by atoms with van der Waals surface area (Å²) in [7, 11) is 0. The minimum absolute atomic E-state index is 0.287. The zero-order chi connectivity index (χ0) is 10.1. The van der Waals surface area contributed by atoms with Crippen molar-refractivity contribution in [3.63, 3.8) is 0 Å². The van der Waals surface area contributed by atoms with Gasteiger partial charge in [-0.3, -0.25) is 0 Å². The molecule has 0 unspecified atom stereocenters. The van der Waals surface area contributed by atoms with Crippen molar-refractivity contribution in [3.8, 4) is 0 Å². The van der Waals surface area contributed by atoms with Gasteiger partial charge in [-0.05, 0) is 18.6 Å². The minimum atomic E-state index is -4.39. The fraction of sp³-hybridized carbons (Fsp3) is 0.375. The maximum Gasteiger partial charge on any atom is 0.433 e. The molecule has 0 aromatic carbocycles. The molecule has 1 rings (SSSR count). The molecule has 0 spiro atoms. The molecule has 2 nitrogen and oxygen atoms in total. The lowest BCUT2D eigenvalue weighted by Crippen LogP contribution is -2.10. The van der Waals surface area contributed by atoms with E-state index in [1.165, 1.54) is 6.07 Å². The van der Waals surface area contributed by atoms with Crippen LogP contribution in [0.15, 0.2) is 12.1 Å². The van der Waals surface area contributed by atoms with Crippen LogP contribution < -0.4 is 5.73 Å². The highest BCUT2D eigenvalue weighted by atomic mass is 19.4. The Morgan fingerprint density at radius 2 is 2.00 bits per heavy atom. The van der Waals surface area contributed by atoms with E-state index in [-0.39, 0.29) is 5.69 Å². The van der Waals surface area contributed by atoms with Crippen molar-refractivity contribution in [2.45, 2.75) is 19.5 Å². The molecule has 0 amide bonds. The molecule has 1 aromatic rings. The van der Waals surface area contributed by atoms with E-state index >= 15 is 0 Å². The SMILES string of the molecule is CCc1nc(C(F)(F)F)ccc1N. The molecule has 0 aliphatic carbocycles. The Bertz CT molecular complexity index is 307. The van der Waals surface area contributed by atoms with E-state index in [1.54, 1.807) is 6.92 Å². The van der Waals surface area contributed by atoms with Crippen molar-refractivity contribution in [2.24, 2.45) is 0 Å². The minimum Gasteiger partial charge on any atom is -0.397 e. The third-order valence-electron chi connectivity index (χ3n) is 1.63. The van der Waals surface area contributed by atoms with Crippen molar-refractivity contribution >= 4 is 5.69 Å². The number of halogens is 3. The molecule has 0 fully saturated rings. The van der Waals surface area contributed by atoms with E-state index in [2.05, 4.69) is 4.98 Å². The van der Waals surface area contributed by atoms with E-state index in [9.17, 15) is 13.2 Å². The second-order valence-corrected chi connectivity index (χ2v) is 2.58. The first kappa shape index (κ1) is 9.83. The maximum atomic E-state index is 12.1. The molecule has 0 aliphatic heterocycles. The third kappa shape index (κ3) is 2.11. The first-order valence-electron chi connectivity index (χ1n) is 3.77. The summed E-state index contributed by atoms with van der Waals surface area (Å²) in [6.07, 6.45) is -3.99. The maximum absolute atomic E-state index is 12.1. The van der Waals surface area contributed by atoms with Crippen molar-refractivity contribution in [1.29, 1.82) is 0 Å². The highest BCUT2D eigenvalue weighted by Gasteiger charge is 2.32. The Labute approximate surface area is 73.6 Å². The standard InChI is InChI=1S/C8H9F3N2/c1-2-6-5(12)3-4-7(13-6)8(9,10)11/h3-4H,2,12H2,1H3. The summed E-state index contributed by atoms with van der Waals surface area (Å²) in [6, 6.07) is 2.11. The van der Waals surface area contributed by atoms with Gasteiger partial charge in [-0.25, -0.2) is 4.98 Å². The average molecular weight is 190 g/mol. The lowest BCUT2D eigenvalue weighted by molar-refractivity contribution is -0.141. The van der Waals surface area contributed by atoms with Crippen LogP contribution in [0.4, 0.5) is 18.9 Å². The van der Waals surface area contributed by atoms with E-state index in [4.69, 9.17) is 5.73 Å². The molecule has 0 saturated carbocycles. The smallest absolute Gasteiger partial charge is 0.397 e. The van der Waals surface area contributed by atoms with E-state index < -0.39 is 11.9 Å². The van der Waals surface area contributed by atoms with E-state index in [1.807, 2.05) is 0 Å². The second-order valence-electron chi connectivity index (χ2n) is 2.58. The van der Waals surface area contributed by atoms with Crippen molar-refractivity contribution in [3.05, 3.63) is 23.5 Å². The number of rotatable bonds is 1. The molecule has 72 valence electrons. The van der Waals surface area contributed by atoms with Crippen LogP contribution in [0.5, 0.6) is 0 Å². The number of pyridine rings is 1. The van der Waals surface area contributed by atoms with Gasteiger partial charge in [0, 0.05) is 0 Å². The van der Waals surface area contributed by atoms with Crippen molar-refractivity contribution in [1.82, 2.24) is 4.98 Å². The quantitative estimate of drug-likeness (QED) is 0.737. The highest BCUT2D eigenvalue weighted by molar-refractivity contribution is 5.43. The third-order valence-corrected chi connectivity index (χ3v) is 1.63. The first-order chi connectivity index (χ1) is 5.95. The first-order valence-corrected chi connectivity index (χ1v) is 3.77. The number of anilines is 1. The Hall–Kier alpha value is -1.26. The number of aryl methyl sites for hydroxylation is 1. The topological polar surface area (TPSA) is 38.9 Å². The summed E-state index contributed by atoms with van der Waals surface area (Å²) in [6.45, 7) is 1.71. The number of nitrogens with zero attached hydrogens (tertiary/aromatic N) is 1. The molecule has 1 heterocycles. The monoisotopic (exact) mass is 190 g/mol. The zero-order valence-corrected chi connectivity index (χ0v) is 7.02. The molecule has 0 aliphatic rings. The van der Waals surface area contributed by atoms with Crippen LogP contribution in [0.25, 0.3) is 0 Å². The fourth-order valence-corrected chi connectivity index (χ4v) is 0.953. The van der Waals surface area contributed by atoms with Gasteiger partial charge in [0.2, 0.25) is 0 Å². The molecule has 0 radical (unpaired) electrons. The lowest BCUT2D eigenvalue weighted by Gasteiger charge is -2.08. The van der Waals surface area contributed by atoms with E-state index in [0.717, 1.165) is 6.07 Å². The number of hydrogen-bond acceptors (Lipinski definition) is 2. The van der Waals surface area contributed by atoms with Crippen LogP contribution in [0, 0.1) is 0 Å². The summed E-state index contributed by atoms with van der Waals surface area (Å²) in [5.41, 5.74) is 5.11. The van der Waals surface area contributed by atoms with Crippen molar-refractivity contribution < 1.29 is 13.2 Å². The summed E-state index contributed by atoms with van der Waals surface area (Å²) in [4.78, 5) is 3.41. The summed E-state index contributed by atoms with van der Waals surface area (Å²) < 4.78 is 36.4. The molecule has 1 aromatic heterocycles. The van der Waals surface area contributed by atoms with Crippen molar-refractivity contribution in [2.75, 3.05) is 5.73 Å². The number of aromatic nitrogens is 1. The van der Waals surface area contributed by atoms with Gasteiger partial charge in [0.05, 0.1) is 11.4 Å². The predicted octanol–water partition coefficient (Wildman–Crippen LogP) is 2.24. The molecule has 5 heteroatoms. The van der Waals surface area contributed by atoms with Gasteiger partial charge in [0.1, 0.15) is 5.69 Å². The number of alkyl halides is 3. The van der Waals surface area contributed by atoms with Crippen LogP contribution in [-0.2, 0) is 12.6 Å². The molecule has 2 N–H and O–H groups in total. The number of hydrogen-bond donors (Lipinski definition) is 1. The summed E-state index contributed by atoms with van der Waals surface area (Å²) >= 11 is 0. The highest BCUT2D eigenvalue weighted by Crippen LogP contribution is 2.28. The summed E-state index contributed by atoms with van der Waals surface area (Å²) in [5.74, 6) is 0. The van der Waals surface area contributed by atoms with Crippen LogP contribution in [-0.4, -0.2) is 4.98 Å². The predicted molar refractivity (Wildman–Crippen MR) is 43.0 cm³/mol. The molecule has 13 heavy (non-hydrogen) atoms. The Morgan fingerprint density at radius 1 is 1.38 bits per heavy atom. The van der Waals surface area contributed by atoms with Gasteiger partial charge in [0.25, 0.3) is 0 Å². The normalized spacial score (nSPS) is 11.7. The van der Waals surface area contributed by atoms with Gasteiger partial charge < -0.3 is 5.73 Å². The van der Waals surface area contributed by atoms with Gasteiger partial charge in [-0.1, -0.05) is 6.92 Å². The number of nitrogens with two attached hydrogens (primary N) is 1.